The van der Waals surface area contributed by atoms with E-state index in [-0.39, 0.29) is 6.04 Å². The van der Waals surface area contributed by atoms with Crippen molar-refractivity contribution in [2.75, 3.05) is 31.1 Å². The Morgan fingerprint density at radius 1 is 0.848 bits per heavy atom. The van der Waals surface area contributed by atoms with E-state index in [1.165, 1.54) is 16.8 Å². The predicted octanol–water partition coefficient (Wildman–Crippen LogP) is 5.92. The molecular weight excluding hydrogens is 432 g/mol. The average Bonchev–Trinajstić information content (AvgIpc) is 3.32. The molecule has 1 aromatic heterocycles. The summed E-state index contributed by atoms with van der Waals surface area (Å²) >= 11 is 6.03. The highest BCUT2D eigenvalue weighted by molar-refractivity contribution is 6.30. The van der Waals surface area contributed by atoms with Crippen molar-refractivity contribution in [2.45, 2.75) is 19.9 Å². The summed E-state index contributed by atoms with van der Waals surface area (Å²) in [7, 11) is 0. The van der Waals surface area contributed by atoms with Crippen LogP contribution < -0.4 is 4.90 Å². The third kappa shape index (κ3) is 4.65. The Morgan fingerprint density at radius 2 is 1.58 bits per heavy atom. The van der Waals surface area contributed by atoms with Crippen molar-refractivity contribution in [3.05, 3.63) is 100 Å². The first kappa shape index (κ1) is 21.7. The number of benzene rings is 3. The van der Waals surface area contributed by atoms with Gasteiger partial charge in [0, 0.05) is 42.5 Å². The van der Waals surface area contributed by atoms with Crippen LogP contribution in [0.25, 0.3) is 11.5 Å². The molecule has 0 radical (unpaired) electrons. The number of rotatable bonds is 5. The second kappa shape index (κ2) is 9.38. The van der Waals surface area contributed by atoms with E-state index >= 15 is 0 Å². The molecule has 0 spiro atoms. The molecular formula is C27H27ClN4O. The molecule has 1 aliphatic heterocycles. The first-order valence-corrected chi connectivity index (χ1v) is 11.7. The number of halogens is 1. The van der Waals surface area contributed by atoms with Gasteiger partial charge in [0.1, 0.15) is 6.04 Å². The van der Waals surface area contributed by atoms with Gasteiger partial charge in [0.25, 0.3) is 0 Å². The van der Waals surface area contributed by atoms with Crippen molar-refractivity contribution < 1.29 is 4.42 Å². The van der Waals surface area contributed by atoms with E-state index in [0.717, 1.165) is 37.3 Å². The number of aromatic nitrogens is 2. The van der Waals surface area contributed by atoms with Gasteiger partial charge in [-0.15, -0.1) is 10.2 Å². The zero-order valence-corrected chi connectivity index (χ0v) is 19.7. The number of hydrogen-bond donors (Lipinski definition) is 0. The topological polar surface area (TPSA) is 45.4 Å². The molecule has 1 aliphatic rings. The largest absolute Gasteiger partial charge is 0.419 e. The molecule has 33 heavy (non-hydrogen) atoms. The van der Waals surface area contributed by atoms with Crippen LogP contribution in [-0.2, 0) is 0 Å². The van der Waals surface area contributed by atoms with Crippen LogP contribution in [0.1, 0.15) is 28.6 Å². The maximum atomic E-state index is 6.21. The van der Waals surface area contributed by atoms with Crippen LogP contribution in [0.2, 0.25) is 5.02 Å². The Labute approximate surface area is 199 Å². The van der Waals surface area contributed by atoms with Crippen molar-refractivity contribution in [1.82, 2.24) is 15.1 Å². The van der Waals surface area contributed by atoms with Gasteiger partial charge >= 0.3 is 0 Å². The predicted molar refractivity (Wildman–Crippen MR) is 133 cm³/mol. The first-order chi connectivity index (χ1) is 16.1. The molecule has 1 saturated heterocycles. The molecule has 1 atom stereocenters. The van der Waals surface area contributed by atoms with E-state index in [1.807, 2.05) is 30.3 Å². The Hall–Kier alpha value is -3.15. The van der Waals surface area contributed by atoms with Gasteiger partial charge in [0.2, 0.25) is 11.8 Å². The molecule has 3 aromatic carbocycles. The second-order valence-corrected chi connectivity index (χ2v) is 9.01. The zero-order chi connectivity index (χ0) is 22.8. The standard InChI is InChI=1S/C27H27ClN4O/c1-19-8-9-20(2)24(18-19)31-14-16-32(17-15-31)25(21-6-4-3-5-7-21)27-30-29-26(33-27)22-10-12-23(28)13-11-22/h3-13,18,25H,14-17H2,1-2H3. The SMILES string of the molecule is Cc1ccc(C)c(N2CCN(C(c3ccccc3)c3nnc(-c4ccc(Cl)cc4)o3)CC2)c1. The van der Waals surface area contributed by atoms with Gasteiger partial charge in [-0.05, 0) is 60.9 Å². The molecule has 0 bridgehead atoms. The highest BCUT2D eigenvalue weighted by Crippen LogP contribution is 2.32. The van der Waals surface area contributed by atoms with Crippen LogP contribution in [-0.4, -0.2) is 41.3 Å². The zero-order valence-electron chi connectivity index (χ0n) is 18.9. The summed E-state index contributed by atoms with van der Waals surface area (Å²) in [5.41, 5.74) is 5.96. The Morgan fingerprint density at radius 3 is 2.30 bits per heavy atom. The van der Waals surface area contributed by atoms with Crippen LogP contribution in [0.4, 0.5) is 5.69 Å². The van der Waals surface area contributed by atoms with Gasteiger partial charge in [-0.25, -0.2) is 0 Å². The fraction of sp³-hybridized carbons (Fsp3) is 0.259. The van der Waals surface area contributed by atoms with Crippen molar-refractivity contribution in [1.29, 1.82) is 0 Å². The van der Waals surface area contributed by atoms with E-state index in [2.05, 4.69) is 76.3 Å². The van der Waals surface area contributed by atoms with E-state index in [0.29, 0.717) is 16.8 Å². The molecule has 168 valence electrons. The van der Waals surface area contributed by atoms with Crippen LogP contribution in [0.5, 0.6) is 0 Å². The van der Waals surface area contributed by atoms with Crippen LogP contribution in [0.3, 0.4) is 0 Å². The normalized spacial score (nSPS) is 15.5. The highest BCUT2D eigenvalue weighted by Gasteiger charge is 2.31. The van der Waals surface area contributed by atoms with Gasteiger partial charge in [0.15, 0.2) is 0 Å². The van der Waals surface area contributed by atoms with Gasteiger partial charge in [0.05, 0.1) is 0 Å². The highest BCUT2D eigenvalue weighted by atomic mass is 35.5. The summed E-state index contributed by atoms with van der Waals surface area (Å²) < 4.78 is 6.21. The second-order valence-electron chi connectivity index (χ2n) is 8.58. The van der Waals surface area contributed by atoms with E-state index in [4.69, 9.17) is 16.0 Å². The minimum Gasteiger partial charge on any atom is -0.419 e. The van der Waals surface area contributed by atoms with E-state index in [1.54, 1.807) is 0 Å². The van der Waals surface area contributed by atoms with Crippen LogP contribution in [0, 0.1) is 13.8 Å². The lowest BCUT2D eigenvalue weighted by molar-refractivity contribution is 0.188. The van der Waals surface area contributed by atoms with E-state index < -0.39 is 0 Å². The number of anilines is 1. The number of nitrogens with zero attached hydrogens (tertiary/aromatic N) is 4. The van der Waals surface area contributed by atoms with E-state index in [9.17, 15) is 0 Å². The monoisotopic (exact) mass is 458 g/mol. The van der Waals surface area contributed by atoms with Gasteiger partial charge in [-0.3, -0.25) is 4.90 Å². The minimum atomic E-state index is -0.0829. The maximum Gasteiger partial charge on any atom is 0.247 e. The van der Waals surface area contributed by atoms with Crippen molar-refractivity contribution in [2.24, 2.45) is 0 Å². The third-order valence-electron chi connectivity index (χ3n) is 6.27. The minimum absolute atomic E-state index is 0.0829. The number of aryl methyl sites for hydroxylation is 2. The van der Waals surface area contributed by atoms with Crippen molar-refractivity contribution >= 4 is 17.3 Å². The molecule has 5 rings (SSSR count). The summed E-state index contributed by atoms with van der Waals surface area (Å²) in [5, 5.41) is 9.49. The molecule has 4 aromatic rings. The quantitative estimate of drug-likeness (QED) is 0.371. The first-order valence-electron chi connectivity index (χ1n) is 11.3. The summed E-state index contributed by atoms with van der Waals surface area (Å²) in [5.74, 6) is 1.13. The molecule has 0 N–H and O–H groups in total. The molecule has 0 saturated carbocycles. The Bertz CT molecular complexity index is 1210. The molecule has 0 amide bonds. The van der Waals surface area contributed by atoms with Crippen LogP contribution >= 0.6 is 11.6 Å². The van der Waals surface area contributed by atoms with Gasteiger partial charge in [-0.2, -0.15) is 0 Å². The molecule has 2 heterocycles. The fourth-order valence-electron chi connectivity index (χ4n) is 4.48. The molecule has 5 nitrogen and oxygen atoms in total. The summed E-state index contributed by atoms with van der Waals surface area (Å²) in [6, 6.07) is 24.5. The molecule has 6 heteroatoms. The molecule has 1 unspecified atom stereocenters. The van der Waals surface area contributed by atoms with Crippen LogP contribution in [0.15, 0.2) is 77.2 Å². The van der Waals surface area contributed by atoms with Gasteiger partial charge in [-0.1, -0.05) is 54.1 Å². The summed E-state index contributed by atoms with van der Waals surface area (Å²) in [6.45, 7) is 8.05. The number of hydrogen-bond acceptors (Lipinski definition) is 5. The Balaban J connectivity index is 1.41. The molecule has 1 fully saturated rings. The summed E-state index contributed by atoms with van der Waals surface area (Å²) in [6.07, 6.45) is 0. The Kier molecular flexibility index (Phi) is 6.16. The third-order valence-corrected chi connectivity index (χ3v) is 6.52. The van der Waals surface area contributed by atoms with Crippen molar-refractivity contribution in [3.63, 3.8) is 0 Å². The van der Waals surface area contributed by atoms with Gasteiger partial charge < -0.3 is 9.32 Å². The molecule has 0 aliphatic carbocycles. The average molecular weight is 459 g/mol. The summed E-state index contributed by atoms with van der Waals surface area (Å²) in [4.78, 5) is 4.92. The number of piperazine rings is 1. The maximum absolute atomic E-state index is 6.21. The van der Waals surface area contributed by atoms with Crippen molar-refractivity contribution in [3.8, 4) is 11.5 Å². The lowest BCUT2D eigenvalue weighted by atomic mass is 10.0. The lowest BCUT2D eigenvalue weighted by Crippen LogP contribution is -2.48. The fourth-order valence-corrected chi connectivity index (χ4v) is 4.61. The smallest absolute Gasteiger partial charge is 0.247 e. The lowest BCUT2D eigenvalue weighted by Gasteiger charge is -2.39.